The minimum atomic E-state index is -4.62. The van der Waals surface area contributed by atoms with E-state index in [0.29, 0.717) is 5.75 Å². The summed E-state index contributed by atoms with van der Waals surface area (Å²) < 4.78 is 55.2. The lowest BCUT2D eigenvalue weighted by Crippen LogP contribution is -2.51. The number of benzene rings is 2. The van der Waals surface area contributed by atoms with Crippen molar-refractivity contribution in [1.29, 1.82) is 0 Å². The number of halogens is 3. The van der Waals surface area contributed by atoms with Crippen LogP contribution in [-0.2, 0) is 22.4 Å². The lowest BCUT2D eigenvalue weighted by molar-refractivity contribution is -0.262. The van der Waals surface area contributed by atoms with Crippen molar-refractivity contribution in [3.8, 4) is 16.2 Å². The molecule has 3 nitrogen and oxygen atoms in total. The summed E-state index contributed by atoms with van der Waals surface area (Å²) in [5.74, 6) is -0.436. The minimum Gasteiger partial charge on any atom is -0.489 e. The molecule has 3 atom stereocenters. The molecule has 1 aliphatic carbocycles. The molecule has 0 aliphatic heterocycles. The normalized spacial score (nSPS) is 21.3. The van der Waals surface area contributed by atoms with Crippen LogP contribution in [0.5, 0.6) is 5.75 Å². The van der Waals surface area contributed by atoms with Gasteiger partial charge in [0.05, 0.1) is 0 Å². The van der Waals surface area contributed by atoms with E-state index in [4.69, 9.17) is 9.47 Å². The first-order valence-corrected chi connectivity index (χ1v) is 14.5. The van der Waals surface area contributed by atoms with Gasteiger partial charge in [0.2, 0.25) is 0 Å². The number of hydrogen-bond donors (Lipinski definition) is 0. The molecule has 3 aromatic rings. The van der Waals surface area contributed by atoms with Gasteiger partial charge in [0.15, 0.2) is 0 Å². The van der Waals surface area contributed by atoms with Gasteiger partial charge in [-0.05, 0) is 92.3 Å². The summed E-state index contributed by atoms with van der Waals surface area (Å²) in [5, 5.41) is 1.02. The molecule has 0 spiro atoms. The van der Waals surface area contributed by atoms with Crippen molar-refractivity contribution in [2.24, 2.45) is 5.41 Å². The summed E-state index contributed by atoms with van der Waals surface area (Å²) in [5.41, 5.74) is 1.60. The highest BCUT2D eigenvalue weighted by molar-refractivity contribution is 7.22. The zero-order chi connectivity index (χ0) is 28.4. The maximum atomic E-state index is 14.3. The van der Waals surface area contributed by atoms with Gasteiger partial charge in [0.25, 0.3) is 0 Å². The first-order chi connectivity index (χ1) is 18.5. The first kappa shape index (κ1) is 29.2. The maximum Gasteiger partial charge on any atom is 0.401 e. The fraction of sp³-hybridized carbons (Fsp3) is 0.469. The minimum absolute atomic E-state index is 0.0688. The van der Waals surface area contributed by atoms with Crippen LogP contribution in [0.2, 0.25) is 0 Å². The fourth-order valence-electron chi connectivity index (χ4n) is 5.36. The molecule has 4 rings (SSSR count). The highest BCUT2D eigenvalue weighted by Gasteiger charge is 2.66. The molecule has 1 aromatic heterocycles. The Morgan fingerprint density at radius 1 is 1.08 bits per heavy atom. The number of esters is 1. The molecule has 2 aromatic carbocycles. The third kappa shape index (κ3) is 6.03. The molecule has 0 saturated heterocycles. The van der Waals surface area contributed by atoms with Crippen LogP contribution in [-0.4, -0.2) is 24.4 Å². The highest BCUT2D eigenvalue weighted by Crippen LogP contribution is 2.53. The number of aryl methyl sites for hydroxylation is 2. The summed E-state index contributed by atoms with van der Waals surface area (Å²) >= 11 is 1.62. The molecule has 7 heteroatoms. The van der Waals surface area contributed by atoms with Crippen molar-refractivity contribution in [2.75, 3.05) is 0 Å². The summed E-state index contributed by atoms with van der Waals surface area (Å²) in [6, 6.07) is 14.3. The summed E-state index contributed by atoms with van der Waals surface area (Å²) in [7, 11) is 0. The lowest BCUT2D eigenvalue weighted by atomic mass is 9.83. The van der Waals surface area contributed by atoms with E-state index in [1.165, 1.54) is 42.9 Å². The van der Waals surface area contributed by atoms with Crippen LogP contribution >= 0.6 is 11.3 Å². The number of ether oxygens (including phenoxy) is 2. The van der Waals surface area contributed by atoms with E-state index in [1.807, 2.05) is 12.1 Å². The molecule has 1 fully saturated rings. The molecule has 0 N–H and O–H groups in total. The summed E-state index contributed by atoms with van der Waals surface area (Å²) in [6.45, 7) is 10.4. The van der Waals surface area contributed by atoms with Gasteiger partial charge in [-0.25, -0.2) is 4.79 Å². The Kier molecular flexibility index (Phi) is 8.79. The molecular weight excluding hydrogens is 521 g/mol. The van der Waals surface area contributed by atoms with Gasteiger partial charge in [0.1, 0.15) is 23.4 Å². The second-order valence-corrected chi connectivity index (χ2v) is 11.8. The van der Waals surface area contributed by atoms with E-state index in [2.05, 4.69) is 44.7 Å². The largest absolute Gasteiger partial charge is 0.489 e. The fourth-order valence-corrected chi connectivity index (χ4v) is 6.52. The first-order valence-electron chi connectivity index (χ1n) is 13.7. The average molecular weight is 559 g/mol. The number of unbranched alkanes of at least 4 members (excludes halogenated alkanes) is 2. The van der Waals surface area contributed by atoms with Crippen LogP contribution in [0.3, 0.4) is 0 Å². The second kappa shape index (κ2) is 11.7. The van der Waals surface area contributed by atoms with E-state index in [0.717, 1.165) is 34.7 Å². The van der Waals surface area contributed by atoms with Crippen LogP contribution < -0.4 is 4.74 Å². The van der Waals surface area contributed by atoms with Crippen molar-refractivity contribution in [3.63, 3.8) is 0 Å². The van der Waals surface area contributed by atoms with Gasteiger partial charge >= 0.3 is 12.1 Å². The predicted octanol–water partition coefficient (Wildman–Crippen LogP) is 9.46. The van der Waals surface area contributed by atoms with E-state index in [9.17, 15) is 18.0 Å². The van der Waals surface area contributed by atoms with Gasteiger partial charge in [-0.15, -0.1) is 11.3 Å². The SMILES string of the molecule is C=C(C)C(=O)OC1CCC(Oc2ccc3cc(-c4ccc(CCCCC)cc4CC)sc3c2)C1(C)C(F)(F)F. The van der Waals surface area contributed by atoms with Crippen molar-refractivity contribution < 1.29 is 27.4 Å². The van der Waals surface area contributed by atoms with Crippen LogP contribution in [0.15, 0.2) is 54.6 Å². The maximum absolute atomic E-state index is 14.3. The average Bonchev–Trinajstić information content (AvgIpc) is 3.45. The number of thiophene rings is 1. The van der Waals surface area contributed by atoms with Gasteiger partial charge in [-0.3, -0.25) is 0 Å². The Labute approximate surface area is 233 Å². The lowest BCUT2D eigenvalue weighted by Gasteiger charge is -2.37. The summed E-state index contributed by atoms with van der Waals surface area (Å²) in [4.78, 5) is 13.2. The topological polar surface area (TPSA) is 35.5 Å². The Hall–Kier alpha value is -2.80. The zero-order valence-corrected chi connectivity index (χ0v) is 23.9. The van der Waals surface area contributed by atoms with Crippen LogP contribution in [0.1, 0.15) is 70.9 Å². The van der Waals surface area contributed by atoms with E-state index < -0.39 is 29.8 Å². The molecule has 1 heterocycles. The van der Waals surface area contributed by atoms with Gasteiger partial charge < -0.3 is 9.47 Å². The van der Waals surface area contributed by atoms with E-state index >= 15 is 0 Å². The molecule has 39 heavy (non-hydrogen) atoms. The zero-order valence-electron chi connectivity index (χ0n) is 23.1. The highest BCUT2D eigenvalue weighted by atomic mass is 32.1. The summed E-state index contributed by atoms with van der Waals surface area (Å²) in [6.07, 6.45) is -1.30. The third-order valence-electron chi connectivity index (χ3n) is 7.89. The molecule has 0 amide bonds. The number of fused-ring (bicyclic) bond motifs is 1. The van der Waals surface area contributed by atoms with Gasteiger partial charge in [-0.2, -0.15) is 13.2 Å². The number of carbonyl (C=O) groups excluding carboxylic acids is 1. The second-order valence-electron chi connectivity index (χ2n) is 10.8. The molecule has 3 unspecified atom stereocenters. The number of rotatable bonds is 10. The Bertz CT molecular complexity index is 1340. The smallest absolute Gasteiger partial charge is 0.401 e. The van der Waals surface area contributed by atoms with Crippen molar-refractivity contribution in [1.82, 2.24) is 0 Å². The Morgan fingerprint density at radius 2 is 1.82 bits per heavy atom. The number of alkyl halides is 3. The molecule has 1 aliphatic rings. The van der Waals surface area contributed by atoms with E-state index in [1.54, 1.807) is 17.4 Å². The third-order valence-corrected chi connectivity index (χ3v) is 9.02. The van der Waals surface area contributed by atoms with Crippen molar-refractivity contribution in [3.05, 3.63) is 65.7 Å². The molecule has 1 saturated carbocycles. The van der Waals surface area contributed by atoms with Crippen molar-refractivity contribution >= 4 is 27.4 Å². The molecule has 0 radical (unpaired) electrons. The van der Waals surface area contributed by atoms with Crippen molar-refractivity contribution in [2.45, 2.75) is 91.0 Å². The van der Waals surface area contributed by atoms with Crippen LogP contribution in [0.25, 0.3) is 20.5 Å². The standard InChI is InChI=1S/C32H37F3O3S/c1-6-8-9-10-21-11-14-25(22(7-2)17-21)27-18-23-12-13-24(19-26(23)39-27)37-28-15-16-29(38-30(36)20(3)4)31(28,5)32(33,34)35/h11-14,17-19,28-29H,3,6-10,15-16H2,1-2,4-5H3. The monoisotopic (exact) mass is 558 g/mol. The molecular formula is C32H37F3O3S. The van der Waals surface area contributed by atoms with Gasteiger partial charge in [-0.1, -0.05) is 51.5 Å². The number of carbonyl (C=O) groups is 1. The van der Waals surface area contributed by atoms with Crippen LogP contribution in [0.4, 0.5) is 13.2 Å². The van der Waals surface area contributed by atoms with Gasteiger partial charge in [0, 0.05) is 15.2 Å². The quantitative estimate of drug-likeness (QED) is 0.141. The Morgan fingerprint density at radius 3 is 2.49 bits per heavy atom. The molecule has 0 bridgehead atoms. The number of hydrogen-bond acceptors (Lipinski definition) is 4. The predicted molar refractivity (Wildman–Crippen MR) is 152 cm³/mol. The van der Waals surface area contributed by atoms with Crippen LogP contribution in [0, 0.1) is 5.41 Å². The Balaban J connectivity index is 1.58. The molecule has 210 valence electrons. The van der Waals surface area contributed by atoms with E-state index in [-0.39, 0.29) is 18.4 Å².